The second-order valence-electron chi connectivity index (χ2n) is 17.6. The molecule has 0 bridgehead atoms. The lowest BCUT2D eigenvalue weighted by atomic mass is 9.77. The average molecular weight is 803 g/mol. The Labute approximate surface area is 344 Å². The second kappa shape index (κ2) is 16.7. The van der Waals surface area contributed by atoms with E-state index in [9.17, 15) is 34.5 Å². The molecule has 0 saturated heterocycles. The molecule has 0 unspecified atom stereocenters. The van der Waals surface area contributed by atoms with Crippen LogP contribution in [0.5, 0.6) is 11.5 Å². The summed E-state index contributed by atoms with van der Waals surface area (Å²) in [6, 6.07) is 2.85. The maximum Gasteiger partial charge on any atom is 0.223 e. The largest absolute Gasteiger partial charge is 0.507 e. The number of carbonyl (C=O) groups is 2. The highest BCUT2D eigenvalue weighted by molar-refractivity contribution is 6.38. The number of phenols is 1. The first-order valence-electron chi connectivity index (χ1n) is 21.9. The lowest BCUT2D eigenvalue weighted by Gasteiger charge is -2.29. The predicted octanol–water partition coefficient (Wildman–Crippen LogP) is 8.02. The Bertz CT molecular complexity index is 2600. The van der Waals surface area contributed by atoms with Crippen LogP contribution in [0.3, 0.4) is 0 Å². The van der Waals surface area contributed by atoms with Crippen molar-refractivity contribution in [2.75, 3.05) is 25.5 Å². The van der Waals surface area contributed by atoms with Crippen LogP contribution in [0.15, 0.2) is 27.3 Å². The topological polar surface area (TPSA) is 162 Å². The molecule has 0 radical (unpaired) electrons. The molecule has 312 valence electrons. The van der Waals surface area contributed by atoms with E-state index in [4.69, 9.17) is 4.74 Å². The maximum absolute atomic E-state index is 14.5. The van der Waals surface area contributed by atoms with Crippen LogP contribution in [0.2, 0.25) is 0 Å². The number of rotatable bonds is 14. The van der Waals surface area contributed by atoms with Gasteiger partial charge in [0.05, 0.1) is 36.8 Å². The highest BCUT2D eigenvalue weighted by Gasteiger charge is 2.34. The smallest absolute Gasteiger partial charge is 0.223 e. The number of Topliss-reactive ketones (excluding diaryl/α,β-unsaturated/α-hetero) is 1. The number of nitrogens with one attached hydrogen (secondary N) is 2. The summed E-state index contributed by atoms with van der Waals surface area (Å²) in [5.41, 5.74) is 4.02. The predicted molar refractivity (Wildman–Crippen MR) is 235 cm³/mol. The molecule has 10 heteroatoms. The van der Waals surface area contributed by atoms with Gasteiger partial charge in [-0.3, -0.25) is 19.2 Å². The molecule has 0 aromatic heterocycles. The minimum Gasteiger partial charge on any atom is -0.507 e. The van der Waals surface area contributed by atoms with Crippen LogP contribution in [-0.2, 0) is 35.6 Å². The number of allylic oxidation sites excluding steroid dienone is 1. The number of aliphatic hydroxyl groups excluding tert-OH is 2. The second-order valence-corrected chi connectivity index (χ2v) is 17.6. The number of benzene rings is 5. The molecule has 0 spiro atoms. The molecule has 0 heterocycles. The number of aromatic hydroxyl groups is 1. The lowest BCUT2D eigenvalue weighted by Crippen LogP contribution is -2.33. The molecule has 8 rings (SSSR count). The minimum absolute atomic E-state index is 0.0152. The van der Waals surface area contributed by atoms with Crippen LogP contribution in [0.4, 0.5) is 5.69 Å². The monoisotopic (exact) mass is 802 g/mol. The molecule has 3 aliphatic carbocycles. The van der Waals surface area contributed by atoms with E-state index in [2.05, 4.69) is 16.7 Å². The number of hydrogen-bond donors (Lipinski definition) is 5. The Balaban J connectivity index is 1.33. The number of ether oxygens (including phenoxy) is 1. The van der Waals surface area contributed by atoms with Crippen molar-refractivity contribution in [1.29, 1.82) is 0 Å². The Hall–Kier alpha value is -4.80. The van der Waals surface area contributed by atoms with Crippen LogP contribution in [0.25, 0.3) is 49.2 Å². The Kier molecular flexibility index (Phi) is 11.6. The molecule has 5 aromatic carbocycles. The molecule has 1 amide bonds. The van der Waals surface area contributed by atoms with Crippen LogP contribution in [0.1, 0.15) is 119 Å². The zero-order chi connectivity index (χ0) is 41.7. The van der Waals surface area contributed by atoms with E-state index < -0.39 is 18.6 Å². The van der Waals surface area contributed by atoms with Crippen molar-refractivity contribution in [1.82, 2.24) is 5.32 Å². The first-order chi connectivity index (χ1) is 28.5. The highest BCUT2D eigenvalue weighted by Crippen LogP contribution is 2.54. The fourth-order valence-electron chi connectivity index (χ4n) is 11.2. The molecule has 0 aliphatic heterocycles. The SMILES string of the molecule is CCCC(=O)C1CCC(CNc2c(OC)c3c4c5c(c(CCC6CCC(C(=O)NCC)CC6)c(O)c6c(=O)cc(CO)c(c7c(CO)cc(=O)c2c74)c65)C=C(C)C3)CC1. The summed E-state index contributed by atoms with van der Waals surface area (Å²) in [5.74, 6) is 1.73. The molecule has 2 fully saturated rings. The summed E-state index contributed by atoms with van der Waals surface area (Å²) >= 11 is 0. The van der Waals surface area contributed by atoms with Crippen molar-refractivity contribution >= 4 is 66.5 Å². The fraction of sp³-hybridized carbons (Fsp3) is 0.510. The first kappa shape index (κ1) is 41.0. The van der Waals surface area contributed by atoms with Crippen molar-refractivity contribution in [2.45, 2.75) is 117 Å². The number of amides is 1. The van der Waals surface area contributed by atoms with Crippen molar-refractivity contribution in [2.24, 2.45) is 23.7 Å². The van der Waals surface area contributed by atoms with Gasteiger partial charge in [-0.15, -0.1) is 0 Å². The number of phenolic OH excluding ortho intramolecular Hbond substituents is 1. The van der Waals surface area contributed by atoms with Crippen LogP contribution in [-0.4, -0.2) is 47.2 Å². The van der Waals surface area contributed by atoms with Crippen molar-refractivity contribution in [3.05, 3.63) is 66.0 Å². The van der Waals surface area contributed by atoms with E-state index >= 15 is 0 Å². The third-order valence-corrected chi connectivity index (χ3v) is 14.0. The summed E-state index contributed by atoms with van der Waals surface area (Å²) in [7, 11) is 1.62. The molecular weight excluding hydrogens is 745 g/mol. The number of methoxy groups -OCH3 is 1. The van der Waals surface area contributed by atoms with Gasteiger partial charge in [0.25, 0.3) is 0 Å². The van der Waals surface area contributed by atoms with Gasteiger partial charge in [0.15, 0.2) is 10.9 Å². The van der Waals surface area contributed by atoms with Gasteiger partial charge in [-0.1, -0.05) is 18.6 Å². The van der Waals surface area contributed by atoms with Crippen LogP contribution in [0, 0.1) is 23.7 Å². The van der Waals surface area contributed by atoms with Crippen molar-refractivity contribution in [3.8, 4) is 11.5 Å². The van der Waals surface area contributed by atoms with Gasteiger partial charge in [0.2, 0.25) is 5.91 Å². The summed E-state index contributed by atoms with van der Waals surface area (Å²) in [5, 5.41) is 45.1. The van der Waals surface area contributed by atoms with E-state index in [1.165, 1.54) is 12.1 Å². The molecule has 5 N–H and O–H groups in total. The third-order valence-electron chi connectivity index (χ3n) is 14.0. The molecule has 59 heavy (non-hydrogen) atoms. The zero-order valence-electron chi connectivity index (χ0n) is 34.9. The number of carbonyl (C=O) groups excluding carboxylic acids is 2. The number of anilines is 1. The van der Waals surface area contributed by atoms with E-state index in [0.29, 0.717) is 105 Å². The molecule has 2 saturated carbocycles. The maximum atomic E-state index is 14.5. The van der Waals surface area contributed by atoms with Gasteiger partial charge >= 0.3 is 0 Å². The highest BCUT2D eigenvalue weighted by atomic mass is 16.5. The fourth-order valence-corrected chi connectivity index (χ4v) is 11.2. The standard InChI is InChI=1S/C49H58N2O8/c1-5-7-35(54)28-13-10-27(11-14-28)22-51-46-42-36(55)20-30(23-52)38-39-31(24-53)21-37(56)43-45(39)40-33(18-25(3)19-34(48(46)59-4)41(40)44(38)42)32(47(43)57)17-12-26-8-15-29(16-9-26)49(58)50-6-2/h18,20-21,26-29,51-53,57H,5-17,19,22-24H2,1-4H3,(H,50,58). The minimum atomic E-state index is -0.454. The molecule has 3 aliphatic rings. The normalized spacial score (nSPS) is 20.7. The van der Waals surface area contributed by atoms with Gasteiger partial charge in [0, 0.05) is 53.2 Å². The first-order valence-corrected chi connectivity index (χ1v) is 21.9. The van der Waals surface area contributed by atoms with Gasteiger partial charge in [-0.05, 0) is 153 Å². The summed E-state index contributed by atoms with van der Waals surface area (Å²) in [6.07, 6.45) is 12.3. The van der Waals surface area contributed by atoms with E-state index in [1.54, 1.807) is 7.11 Å². The van der Waals surface area contributed by atoms with E-state index in [-0.39, 0.29) is 34.3 Å². The van der Waals surface area contributed by atoms with Crippen LogP contribution >= 0.6 is 0 Å². The quantitative estimate of drug-likeness (QED) is 0.0553. The number of hydrogen-bond acceptors (Lipinski definition) is 9. The third kappa shape index (κ3) is 6.99. The molecule has 5 aromatic rings. The molecule has 0 atom stereocenters. The molecular formula is C49H58N2O8. The number of fused-ring (bicyclic) bond motifs is 1. The Morgan fingerprint density at radius 2 is 1.39 bits per heavy atom. The average Bonchev–Trinajstić information content (AvgIpc) is 3.39. The molecule has 10 nitrogen and oxygen atoms in total. The van der Waals surface area contributed by atoms with Gasteiger partial charge in [-0.25, -0.2) is 0 Å². The Morgan fingerprint density at radius 3 is 2.00 bits per heavy atom. The van der Waals surface area contributed by atoms with Gasteiger partial charge in [-0.2, -0.15) is 0 Å². The number of ketones is 1. The van der Waals surface area contributed by atoms with E-state index in [1.807, 2.05) is 20.8 Å². The van der Waals surface area contributed by atoms with E-state index in [0.717, 1.165) is 91.7 Å². The van der Waals surface area contributed by atoms with Crippen LogP contribution < -0.4 is 26.2 Å². The number of aliphatic hydroxyl groups is 2. The summed E-state index contributed by atoms with van der Waals surface area (Å²) in [6.45, 7) is 6.34. The van der Waals surface area contributed by atoms with Gasteiger partial charge < -0.3 is 30.7 Å². The summed E-state index contributed by atoms with van der Waals surface area (Å²) in [4.78, 5) is 54.0. The van der Waals surface area contributed by atoms with Crippen molar-refractivity contribution in [3.63, 3.8) is 0 Å². The zero-order valence-corrected chi connectivity index (χ0v) is 34.9. The van der Waals surface area contributed by atoms with Gasteiger partial charge in [0.1, 0.15) is 17.3 Å². The lowest BCUT2D eigenvalue weighted by molar-refractivity contribution is -0.126. The van der Waals surface area contributed by atoms with Crippen molar-refractivity contribution < 1.29 is 29.6 Å². The Morgan fingerprint density at radius 1 is 0.780 bits per heavy atom. The summed E-state index contributed by atoms with van der Waals surface area (Å²) < 4.78 is 6.31.